The number of para-hydroxylation sites is 1. The molecule has 0 aliphatic carbocycles. The standard InChI is InChI=1S/C35H40N6O5S/c1-7-25-19-40(47(43,44)30-12-10-9-11-29(30)46-25)18-24-17-23(14-13-21(24)3)31(35(5,6)34-37-27(20-45-34)33(36)42)26-15-16-28-32(22(26)4)38-39-41(28)8-2/h9-17,20,25,31H,7-8,18-19H2,1-6H3,(H2,36,42)/t25-,31+/m1/s1. The molecule has 12 heteroatoms. The van der Waals surface area contributed by atoms with Gasteiger partial charge in [-0.05, 0) is 73.2 Å². The zero-order chi connectivity index (χ0) is 33.7. The highest BCUT2D eigenvalue weighted by Gasteiger charge is 2.40. The number of nitrogens with two attached hydrogens (primary N) is 1. The number of amides is 1. The number of hydrogen-bond acceptors (Lipinski definition) is 8. The fourth-order valence-electron chi connectivity index (χ4n) is 6.56. The smallest absolute Gasteiger partial charge is 0.270 e. The lowest BCUT2D eigenvalue weighted by molar-refractivity contribution is 0.0995. The largest absolute Gasteiger partial charge is 0.488 e. The fourth-order valence-corrected chi connectivity index (χ4v) is 8.13. The lowest BCUT2D eigenvalue weighted by Gasteiger charge is -2.34. The Kier molecular flexibility index (Phi) is 8.43. The molecule has 2 aromatic heterocycles. The average Bonchev–Trinajstić information content (AvgIpc) is 3.70. The van der Waals surface area contributed by atoms with Crippen LogP contribution in [0, 0.1) is 13.8 Å². The zero-order valence-corrected chi connectivity index (χ0v) is 28.3. The fraction of sp³-hybridized carbons (Fsp3) is 0.371. The van der Waals surface area contributed by atoms with E-state index in [9.17, 15) is 13.2 Å². The predicted octanol–water partition coefficient (Wildman–Crippen LogP) is 5.63. The highest BCUT2D eigenvalue weighted by Crippen LogP contribution is 2.45. The third-order valence-corrected chi connectivity index (χ3v) is 11.1. The number of fused-ring (bicyclic) bond motifs is 2. The van der Waals surface area contributed by atoms with Crippen LogP contribution in [0.2, 0.25) is 0 Å². The van der Waals surface area contributed by atoms with Crippen molar-refractivity contribution >= 4 is 27.0 Å². The number of carbonyl (C=O) groups is 1. The Morgan fingerprint density at radius 2 is 1.87 bits per heavy atom. The van der Waals surface area contributed by atoms with E-state index in [1.54, 1.807) is 24.3 Å². The third kappa shape index (κ3) is 5.69. The van der Waals surface area contributed by atoms with Crippen LogP contribution in [-0.2, 0) is 28.5 Å². The van der Waals surface area contributed by atoms with Gasteiger partial charge >= 0.3 is 0 Å². The Hall–Kier alpha value is -4.55. The number of ether oxygens (including phenoxy) is 1. The molecule has 0 bridgehead atoms. The highest BCUT2D eigenvalue weighted by atomic mass is 32.2. The number of primary amides is 1. The van der Waals surface area contributed by atoms with Crippen LogP contribution in [0.1, 0.15) is 84.2 Å². The van der Waals surface area contributed by atoms with E-state index in [1.165, 1.54) is 10.6 Å². The molecule has 0 fully saturated rings. The first-order valence-corrected chi connectivity index (χ1v) is 17.2. The van der Waals surface area contributed by atoms with Gasteiger partial charge in [0.2, 0.25) is 15.9 Å². The minimum Gasteiger partial charge on any atom is -0.488 e. The first kappa shape index (κ1) is 32.4. The Balaban J connectivity index is 1.49. The molecule has 2 N–H and O–H groups in total. The van der Waals surface area contributed by atoms with Crippen LogP contribution >= 0.6 is 0 Å². The maximum absolute atomic E-state index is 14.0. The van der Waals surface area contributed by atoms with Crippen LogP contribution in [0.3, 0.4) is 0 Å². The van der Waals surface area contributed by atoms with Crippen molar-refractivity contribution in [2.45, 2.75) is 83.4 Å². The normalized spacial score (nSPS) is 17.2. The SMILES string of the molecule is CC[C@@H]1CN(Cc2cc([C@@H](c3ccc4c(nnn4CC)c3C)C(C)(C)c3nc(C(N)=O)co3)ccc2C)S(=O)(=O)c2ccccc2O1. The molecule has 2 atom stereocenters. The van der Waals surface area contributed by atoms with Gasteiger partial charge in [-0.1, -0.05) is 62.4 Å². The summed E-state index contributed by atoms with van der Waals surface area (Å²) in [6.45, 7) is 13.1. The molecule has 3 heterocycles. The van der Waals surface area contributed by atoms with Gasteiger partial charge in [0.05, 0.1) is 17.5 Å². The van der Waals surface area contributed by atoms with Crippen LogP contribution in [-0.4, -0.2) is 51.3 Å². The summed E-state index contributed by atoms with van der Waals surface area (Å²) >= 11 is 0. The molecule has 0 radical (unpaired) electrons. The number of aryl methyl sites for hydroxylation is 3. The van der Waals surface area contributed by atoms with Gasteiger partial charge in [0.1, 0.15) is 28.5 Å². The summed E-state index contributed by atoms with van der Waals surface area (Å²) in [5, 5.41) is 8.85. The maximum Gasteiger partial charge on any atom is 0.270 e. The predicted molar refractivity (Wildman–Crippen MR) is 178 cm³/mol. The molecule has 1 aliphatic rings. The van der Waals surface area contributed by atoms with Gasteiger partial charge < -0.3 is 14.9 Å². The van der Waals surface area contributed by atoms with Crippen molar-refractivity contribution in [1.82, 2.24) is 24.3 Å². The van der Waals surface area contributed by atoms with Crippen LogP contribution < -0.4 is 10.5 Å². The summed E-state index contributed by atoms with van der Waals surface area (Å²) in [6.07, 6.45) is 1.65. The van der Waals surface area contributed by atoms with Crippen molar-refractivity contribution in [3.05, 3.63) is 100 Å². The summed E-state index contributed by atoms with van der Waals surface area (Å²) < 4.78 is 43.4. The van der Waals surface area contributed by atoms with Crippen molar-refractivity contribution in [1.29, 1.82) is 0 Å². The van der Waals surface area contributed by atoms with Crippen molar-refractivity contribution in [3.63, 3.8) is 0 Å². The second-order valence-electron chi connectivity index (χ2n) is 12.7. The van der Waals surface area contributed by atoms with E-state index in [0.717, 1.165) is 38.9 Å². The number of sulfonamides is 1. The topological polar surface area (TPSA) is 146 Å². The van der Waals surface area contributed by atoms with Gasteiger partial charge in [-0.3, -0.25) is 4.79 Å². The van der Waals surface area contributed by atoms with Gasteiger partial charge in [0.25, 0.3) is 5.91 Å². The number of oxazole rings is 1. The molecule has 1 aliphatic heterocycles. The Labute approximate surface area is 274 Å². The van der Waals surface area contributed by atoms with E-state index in [1.807, 2.05) is 58.4 Å². The maximum atomic E-state index is 14.0. The zero-order valence-electron chi connectivity index (χ0n) is 27.5. The second-order valence-corrected chi connectivity index (χ2v) is 14.6. The lowest BCUT2D eigenvalue weighted by atomic mass is 9.69. The molecule has 0 spiro atoms. The molecule has 0 unspecified atom stereocenters. The number of nitrogens with zero attached hydrogens (tertiary/aromatic N) is 5. The molecular formula is C35H40N6O5S. The van der Waals surface area contributed by atoms with E-state index >= 15 is 0 Å². The van der Waals surface area contributed by atoms with E-state index in [0.29, 0.717) is 24.6 Å². The molecule has 1 amide bonds. The minimum absolute atomic E-state index is 0.0498. The van der Waals surface area contributed by atoms with Gasteiger partial charge in [0.15, 0.2) is 5.69 Å². The average molecular weight is 657 g/mol. The Morgan fingerprint density at radius 1 is 1.11 bits per heavy atom. The lowest BCUT2D eigenvalue weighted by Crippen LogP contribution is -2.36. The number of carbonyl (C=O) groups excluding carboxylic acids is 1. The molecule has 5 aromatic rings. The first-order chi connectivity index (χ1) is 22.4. The quantitative estimate of drug-likeness (QED) is 0.215. The van der Waals surface area contributed by atoms with Crippen molar-refractivity contribution in [2.24, 2.45) is 5.73 Å². The Bertz CT molecular complexity index is 2080. The summed E-state index contributed by atoms with van der Waals surface area (Å²) in [5.74, 6) is -0.287. The molecule has 3 aromatic carbocycles. The van der Waals surface area contributed by atoms with Gasteiger partial charge in [-0.15, -0.1) is 5.10 Å². The number of hydrogen-bond donors (Lipinski definition) is 1. The van der Waals surface area contributed by atoms with E-state index in [2.05, 4.69) is 33.5 Å². The molecule has 47 heavy (non-hydrogen) atoms. The minimum atomic E-state index is -3.85. The highest BCUT2D eigenvalue weighted by molar-refractivity contribution is 7.89. The molecular weight excluding hydrogens is 616 g/mol. The molecule has 6 rings (SSSR count). The molecule has 0 saturated heterocycles. The van der Waals surface area contributed by atoms with Gasteiger partial charge in [-0.25, -0.2) is 18.1 Å². The van der Waals surface area contributed by atoms with Gasteiger partial charge in [-0.2, -0.15) is 4.31 Å². The second kappa shape index (κ2) is 12.2. The molecule has 246 valence electrons. The summed E-state index contributed by atoms with van der Waals surface area (Å²) in [6, 6.07) is 17.1. The van der Waals surface area contributed by atoms with Crippen molar-refractivity contribution in [2.75, 3.05) is 6.54 Å². The molecule has 11 nitrogen and oxygen atoms in total. The summed E-state index contributed by atoms with van der Waals surface area (Å²) in [7, 11) is -3.85. The van der Waals surface area contributed by atoms with Crippen LogP contribution in [0.5, 0.6) is 5.75 Å². The molecule has 0 saturated carbocycles. The van der Waals surface area contributed by atoms with E-state index < -0.39 is 21.3 Å². The third-order valence-electron chi connectivity index (χ3n) is 9.30. The monoisotopic (exact) mass is 656 g/mol. The first-order valence-electron chi connectivity index (χ1n) is 15.8. The number of rotatable bonds is 9. The number of benzene rings is 3. The van der Waals surface area contributed by atoms with Crippen molar-refractivity contribution in [3.8, 4) is 5.75 Å². The van der Waals surface area contributed by atoms with E-state index in [-0.39, 0.29) is 35.7 Å². The van der Waals surface area contributed by atoms with E-state index in [4.69, 9.17) is 14.9 Å². The summed E-state index contributed by atoms with van der Waals surface area (Å²) in [4.78, 5) is 16.6. The number of aromatic nitrogens is 4. The summed E-state index contributed by atoms with van der Waals surface area (Å²) in [5.41, 5.74) is 11.2. The van der Waals surface area contributed by atoms with Crippen LogP contribution in [0.15, 0.2) is 70.2 Å². The van der Waals surface area contributed by atoms with Crippen LogP contribution in [0.25, 0.3) is 11.0 Å². The van der Waals surface area contributed by atoms with Crippen molar-refractivity contribution < 1.29 is 22.4 Å². The van der Waals surface area contributed by atoms with Crippen LogP contribution in [0.4, 0.5) is 0 Å². The Morgan fingerprint density at radius 3 is 2.57 bits per heavy atom. The van der Waals surface area contributed by atoms with Gasteiger partial charge in [0, 0.05) is 19.0 Å².